The SMILES string of the molecule is CCC(CC)C(C)(F)C(C)(F)F. The van der Waals surface area contributed by atoms with Crippen LogP contribution in [0.25, 0.3) is 0 Å². The molecular formula is C9H17F3. The summed E-state index contributed by atoms with van der Waals surface area (Å²) < 4.78 is 39.0. The van der Waals surface area contributed by atoms with Gasteiger partial charge in [0.05, 0.1) is 0 Å². The zero-order valence-corrected chi connectivity index (χ0v) is 8.13. The van der Waals surface area contributed by atoms with Gasteiger partial charge in [-0.3, -0.25) is 0 Å². The van der Waals surface area contributed by atoms with Gasteiger partial charge in [0.2, 0.25) is 0 Å². The van der Waals surface area contributed by atoms with E-state index in [4.69, 9.17) is 0 Å². The fraction of sp³-hybridized carbons (Fsp3) is 1.00. The van der Waals surface area contributed by atoms with E-state index in [9.17, 15) is 13.2 Å². The molecule has 3 heteroatoms. The first-order valence-corrected chi connectivity index (χ1v) is 4.34. The second-order valence-electron chi connectivity index (χ2n) is 3.48. The molecule has 0 aliphatic carbocycles. The largest absolute Gasteiger partial charge is 0.278 e. The summed E-state index contributed by atoms with van der Waals surface area (Å²) in [4.78, 5) is 0. The van der Waals surface area contributed by atoms with Crippen molar-refractivity contribution in [3.63, 3.8) is 0 Å². The van der Waals surface area contributed by atoms with Crippen LogP contribution in [-0.2, 0) is 0 Å². The summed E-state index contributed by atoms with van der Waals surface area (Å²) in [5.74, 6) is -3.80. The van der Waals surface area contributed by atoms with E-state index >= 15 is 0 Å². The lowest BCUT2D eigenvalue weighted by Crippen LogP contribution is -2.45. The van der Waals surface area contributed by atoms with Gasteiger partial charge in [0, 0.05) is 6.92 Å². The molecule has 0 saturated heterocycles. The molecule has 12 heavy (non-hydrogen) atoms. The van der Waals surface area contributed by atoms with E-state index in [-0.39, 0.29) is 0 Å². The minimum Gasteiger partial charge on any atom is -0.237 e. The van der Waals surface area contributed by atoms with Gasteiger partial charge in [-0.25, -0.2) is 13.2 Å². The number of hydrogen-bond donors (Lipinski definition) is 0. The van der Waals surface area contributed by atoms with Crippen molar-refractivity contribution >= 4 is 0 Å². The number of halogens is 3. The lowest BCUT2D eigenvalue weighted by molar-refractivity contribution is -0.143. The predicted molar refractivity (Wildman–Crippen MR) is 44.2 cm³/mol. The Morgan fingerprint density at radius 3 is 1.42 bits per heavy atom. The zero-order valence-electron chi connectivity index (χ0n) is 8.13. The fourth-order valence-electron chi connectivity index (χ4n) is 1.41. The molecular weight excluding hydrogens is 165 g/mol. The zero-order chi connectivity index (χ0) is 9.99. The van der Waals surface area contributed by atoms with Crippen LogP contribution in [0.5, 0.6) is 0 Å². The lowest BCUT2D eigenvalue weighted by atomic mass is 9.82. The third-order valence-corrected chi connectivity index (χ3v) is 2.61. The Morgan fingerprint density at radius 2 is 1.33 bits per heavy atom. The van der Waals surface area contributed by atoms with Crippen LogP contribution in [-0.4, -0.2) is 11.6 Å². The Hall–Kier alpha value is -0.210. The van der Waals surface area contributed by atoms with E-state index in [1.807, 2.05) is 0 Å². The summed E-state index contributed by atoms with van der Waals surface area (Å²) in [6.45, 7) is 5.10. The van der Waals surface area contributed by atoms with E-state index in [0.717, 1.165) is 6.92 Å². The maximum atomic E-state index is 13.5. The summed E-state index contributed by atoms with van der Waals surface area (Å²) in [6, 6.07) is 0. The fourth-order valence-corrected chi connectivity index (χ4v) is 1.41. The molecule has 0 fully saturated rings. The maximum absolute atomic E-state index is 13.5. The molecule has 0 bridgehead atoms. The summed E-state index contributed by atoms with van der Waals surface area (Å²) in [5.41, 5.74) is -2.38. The molecule has 0 spiro atoms. The van der Waals surface area contributed by atoms with Crippen molar-refractivity contribution in [2.45, 2.75) is 52.1 Å². The average Bonchev–Trinajstić information content (AvgIpc) is 1.87. The number of rotatable bonds is 4. The molecule has 1 unspecified atom stereocenters. The van der Waals surface area contributed by atoms with Gasteiger partial charge in [0.1, 0.15) is 0 Å². The van der Waals surface area contributed by atoms with Crippen LogP contribution in [0, 0.1) is 5.92 Å². The average molecular weight is 182 g/mol. The topological polar surface area (TPSA) is 0 Å². The highest BCUT2D eigenvalue weighted by Crippen LogP contribution is 2.40. The summed E-state index contributed by atoms with van der Waals surface area (Å²) in [5, 5.41) is 0. The highest BCUT2D eigenvalue weighted by molar-refractivity contribution is 4.91. The van der Waals surface area contributed by atoms with Crippen molar-refractivity contribution in [3.05, 3.63) is 0 Å². The Balaban J connectivity index is 4.57. The van der Waals surface area contributed by atoms with Crippen molar-refractivity contribution < 1.29 is 13.2 Å². The summed E-state index contributed by atoms with van der Waals surface area (Å²) in [7, 11) is 0. The van der Waals surface area contributed by atoms with Crippen LogP contribution in [0.1, 0.15) is 40.5 Å². The molecule has 0 heterocycles. The van der Waals surface area contributed by atoms with Gasteiger partial charge in [-0.1, -0.05) is 26.7 Å². The molecule has 0 rings (SSSR count). The summed E-state index contributed by atoms with van der Waals surface area (Å²) >= 11 is 0. The van der Waals surface area contributed by atoms with Gasteiger partial charge in [-0.05, 0) is 12.8 Å². The van der Waals surface area contributed by atoms with Gasteiger partial charge in [-0.15, -0.1) is 0 Å². The van der Waals surface area contributed by atoms with E-state index in [2.05, 4.69) is 0 Å². The van der Waals surface area contributed by atoms with Crippen LogP contribution < -0.4 is 0 Å². The highest BCUT2D eigenvalue weighted by atomic mass is 19.3. The second kappa shape index (κ2) is 3.67. The highest BCUT2D eigenvalue weighted by Gasteiger charge is 2.50. The van der Waals surface area contributed by atoms with Crippen molar-refractivity contribution in [1.29, 1.82) is 0 Å². The van der Waals surface area contributed by atoms with Crippen molar-refractivity contribution in [1.82, 2.24) is 0 Å². The van der Waals surface area contributed by atoms with Crippen molar-refractivity contribution in [2.24, 2.45) is 5.92 Å². The molecule has 0 nitrogen and oxygen atoms in total. The molecule has 0 aromatic carbocycles. The minimum absolute atomic E-state index is 0.451. The Kier molecular flexibility index (Phi) is 3.60. The van der Waals surface area contributed by atoms with Crippen LogP contribution >= 0.6 is 0 Å². The van der Waals surface area contributed by atoms with E-state index in [1.54, 1.807) is 13.8 Å². The molecule has 1 atom stereocenters. The monoisotopic (exact) mass is 182 g/mol. The molecule has 0 aromatic rings. The van der Waals surface area contributed by atoms with Gasteiger partial charge in [0.15, 0.2) is 5.67 Å². The minimum atomic E-state index is -3.25. The number of alkyl halides is 3. The van der Waals surface area contributed by atoms with Crippen molar-refractivity contribution in [3.8, 4) is 0 Å². The van der Waals surface area contributed by atoms with Crippen LogP contribution in [0.15, 0.2) is 0 Å². The quantitative estimate of drug-likeness (QED) is 0.620. The molecule has 0 aromatic heterocycles. The Bertz CT molecular complexity index is 131. The van der Waals surface area contributed by atoms with Gasteiger partial charge in [0.25, 0.3) is 5.92 Å². The molecule has 0 radical (unpaired) electrons. The summed E-state index contributed by atoms with van der Waals surface area (Å²) in [6.07, 6.45) is 0.903. The molecule has 0 amide bonds. The Labute approximate surface area is 72.2 Å². The van der Waals surface area contributed by atoms with Crippen LogP contribution in [0.3, 0.4) is 0 Å². The van der Waals surface area contributed by atoms with Crippen LogP contribution in [0.2, 0.25) is 0 Å². The van der Waals surface area contributed by atoms with E-state index < -0.39 is 17.5 Å². The smallest absolute Gasteiger partial charge is 0.237 e. The number of hydrogen-bond acceptors (Lipinski definition) is 0. The molecule has 0 N–H and O–H groups in total. The third-order valence-electron chi connectivity index (χ3n) is 2.61. The molecule has 0 aliphatic heterocycles. The predicted octanol–water partition coefficient (Wildman–Crippen LogP) is 3.81. The van der Waals surface area contributed by atoms with Gasteiger partial charge < -0.3 is 0 Å². The van der Waals surface area contributed by atoms with E-state index in [1.165, 1.54) is 0 Å². The third kappa shape index (κ3) is 2.14. The Morgan fingerprint density at radius 1 is 1.00 bits per heavy atom. The first-order valence-electron chi connectivity index (χ1n) is 4.34. The van der Waals surface area contributed by atoms with Crippen LogP contribution in [0.4, 0.5) is 13.2 Å². The normalized spacial score (nSPS) is 18.0. The lowest BCUT2D eigenvalue weighted by Gasteiger charge is -2.33. The molecule has 0 aliphatic rings. The standard InChI is InChI=1S/C9H17F3/c1-5-7(6-2)8(3,10)9(4,11)12/h7H,5-6H2,1-4H3. The van der Waals surface area contributed by atoms with Crippen molar-refractivity contribution in [2.75, 3.05) is 0 Å². The first kappa shape index (κ1) is 11.8. The molecule has 0 saturated carbocycles. The van der Waals surface area contributed by atoms with Gasteiger partial charge in [-0.2, -0.15) is 0 Å². The first-order chi connectivity index (χ1) is 5.27. The van der Waals surface area contributed by atoms with E-state index in [0.29, 0.717) is 19.8 Å². The molecule has 74 valence electrons. The second-order valence-corrected chi connectivity index (χ2v) is 3.48. The van der Waals surface area contributed by atoms with Gasteiger partial charge >= 0.3 is 0 Å². The maximum Gasteiger partial charge on any atom is 0.278 e.